The van der Waals surface area contributed by atoms with Crippen LogP contribution in [-0.2, 0) is 0 Å². The summed E-state index contributed by atoms with van der Waals surface area (Å²) in [6, 6.07) is 8.79. The lowest BCUT2D eigenvalue weighted by molar-refractivity contribution is -0.0140. The summed E-state index contributed by atoms with van der Waals surface area (Å²) in [5, 5.41) is 11.0. The van der Waals surface area contributed by atoms with E-state index in [4.69, 9.17) is 0 Å². The van der Waals surface area contributed by atoms with Gasteiger partial charge >= 0.3 is 0 Å². The molecule has 21 heavy (non-hydrogen) atoms. The zero-order valence-electron chi connectivity index (χ0n) is 13.5. The zero-order valence-corrected chi connectivity index (χ0v) is 13.5. The van der Waals surface area contributed by atoms with Gasteiger partial charge in [0.05, 0.1) is 6.10 Å². The van der Waals surface area contributed by atoms with E-state index in [0.717, 1.165) is 31.0 Å². The normalized spacial score (nSPS) is 24.5. The fraction of sp³-hybridized carbons (Fsp3) is 0.684. The molecular formula is C19H29NO. The Bertz CT molecular complexity index is 459. The van der Waals surface area contributed by atoms with Gasteiger partial charge in [0, 0.05) is 5.54 Å². The Hall–Kier alpha value is -0.860. The SMILES string of the molecule is CCC(C)(C(O)c1ccc(C2CCC2)cc1)N1CCCC1. The summed E-state index contributed by atoms with van der Waals surface area (Å²) in [5.41, 5.74) is 2.40. The number of likely N-dealkylation sites (tertiary alicyclic amines) is 1. The topological polar surface area (TPSA) is 23.5 Å². The highest BCUT2D eigenvalue weighted by molar-refractivity contribution is 5.29. The number of benzene rings is 1. The number of aliphatic hydroxyl groups is 1. The molecule has 1 heterocycles. The van der Waals surface area contributed by atoms with Gasteiger partial charge in [-0.05, 0) is 69.2 Å². The Balaban J connectivity index is 1.77. The summed E-state index contributed by atoms with van der Waals surface area (Å²) in [6.07, 6.45) is 7.17. The van der Waals surface area contributed by atoms with E-state index in [1.807, 2.05) is 0 Å². The predicted octanol–water partition coefficient (Wildman–Crippen LogP) is 4.25. The fourth-order valence-electron chi connectivity index (χ4n) is 3.87. The summed E-state index contributed by atoms with van der Waals surface area (Å²) in [4.78, 5) is 2.48. The Kier molecular flexibility index (Phi) is 4.37. The highest BCUT2D eigenvalue weighted by atomic mass is 16.3. The van der Waals surface area contributed by atoms with Crippen LogP contribution in [0.1, 0.15) is 75.5 Å². The third-order valence-electron chi connectivity index (χ3n) is 5.96. The lowest BCUT2D eigenvalue weighted by Gasteiger charge is -2.42. The summed E-state index contributed by atoms with van der Waals surface area (Å²) >= 11 is 0. The number of nitrogens with zero attached hydrogens (tertiary/aromatic N) is 1. The minimum absolute atomic E-state index is 0.130. The van der Waals surface area contributed by atoms with Crippen LogP contribution >= 0.6 is 0 Å². The number of hydrogen-bond donors (Lipinski definition) is 1. The third-order valence-corrected chi connectivity index (χ3v) is 5.96. The Morgan fingerprint density at radius 1 is 1.14 bits per heavy atom. The quantitative estimate of drug-likeness (QED) is 0.875. The van der Waals surface area contributed by atoms with E-state index in [2.05, 4.69) is 43.0 Å². The van der Waals surface area contributed by atoms with E-state index >= 15 is 0 Å². The Morgan fingerprint density at radius 2 is 1.76 bits per heavy atom. The second-order valence-electron chi connectivity index (χ2n) is 7.10. The monoisotopic (exact) mass is 287 g/mol. The van der Waals surface area contributed by atoms with Crippen LogP contribution in [0.5, 0.6) is 0 Å². The Morgan fingerprint density at radius 3 is 2.24 bits per heavy atom. The molecule has 2 heteroatoms. The van der Waals surface area contributed by atoms with Gasteiger partial charge in [-0.1, -0.05) is 37.6 Å². The van der Waals surface area contributed by atoms with Crippen molar-refractivity contribution in [3.8, 4) is 0 Å². The molecule has 1 saturated carbocycles. The number of aliphatic hydroxyl groups excluding tert-OH is 1. The molecular weight excluding hydrogens is 258 g/mol. The van der Waals surface area contributed by atoms with E-state index in [0.29, 0.717) is 0 Å². The molecule has 2 atom stereocenters. The molecule has 1 aliphatic heterocycles. The standard InChI is InChI=1S/C19H29NO/c1-3-19(2,20-13-4-5-14-20)18(21)17-11-9-16(10-12-17)15-7-6-8-15/h9-12,15,18,21H,3-8,13-14H2,1-2H3. The van der Waals surface area contributed by atoms with Crippen molar-refractivity contribution in [3.05, 3.63) is 35.4 Å². The average molecular weight is 287 g/mol. The fourth-order valence-corrected chi connectivity index (χ4v) is 3.87. The molecule has 0 radical (unpaired) electrons. The first-order valence-electron chi connectivity index (χ1n) is 8.68. The molecule has 0 bridgehead atoms. The van der Waals surface area contributed by atoms with Crippen LogP contribution in [-0.4, -0.2) is 28.6 Å². The van der Waals surface area contributed by atoms with Gasteiger partial charge in [-0.3, -0.25) is 4.90 Å². The molecule has 0 aromatic heterocycles. The van der Waals surface area contributed by atoms with Gasteiger partial charge in [0.1, 0.15) is 0 Å². The van der Waals surface area contributed by atoms with Crippen molar-refractivity contribution in [1.82, 2.24) is 4.90 Å². The van der Waals surface area contributed by atoms with Crippen LogP contribution in [0.2, 0.25) is 0 Å². The highest BCUT2D eigenvalue weighted by Gasteiger charge is 2.39. The molecule has 1 saturated heterocycles. The molecule has 0 amide bonds. The number of hydrogen-bond acceptors (Lipinski definition) is 2. The van der Waals surface area contributed by atoms with Crippen molar-refractivity contribution in [2.45, 2.75) is 69.9 Å². The van der Waals surface area contributed by atoms with Gasteiger partial charge in [-0.25, -0.2) is 0 Å². The molecule has 1 aromatic rings. The van der Waals surface area contributed by atoms with E-state index in [1.165, 1.54) is 37.7 Å². The molecule has 2 aliphatic rings. The maximum Gasteiger partial charge on any atom is 0.0970 e. The lowest BCUT2D eigenvalue weighted by Crippen LogP contribution is -2.48. The second kappa shape index (κ2) is 6.10. The first-order chi connectivity index (χ1) is 10.1. The van der Waals surface area contributed by atoms with E-state index in [9.17, 15) is 5.11 Å². The van der Waals surface area contributed by atoms with E-state index < -0.39 is 6.10 Å². The van der Waals surface area contributed by atoms with Gasteiger partial charge in [0.15, 0.2) is 0 Å². The third kappa shape index (κ3) is 2.76. The molecule has 2 nitrogen and oxygen atoms in total. The summed E-state index contributed by atoms with van der Waals surface area (Å²) < 4.78 is 0. The van der Waals surface area contributed by atoms with Crippen LogP contribution in [0.25, 0.3) is 0 Å². The molecule has 2 unspecified atom stereocenters. The average Bonchev–Trinajstić information content (AvgIpc) is 2.99. The first-order valence-corrected chi connectivity index (χ1v) is 8.68. The van der Waals surface area contributed by atoms with Gasteiger partial charge < -0.3 is 5.11 Å². The van der Waals surface area contributed by atoms with Crippen molar-refractivity contribution < 1.29 is 5.11 Å². The minimum atomic E-state index is -0.393. The van der Waals surface area contributed by atoms with Crippen molar-refractivity contribution in [2.24, 2.45) is 0 Å². The minimum Gasteiger partial charge on any atom is -0.386 e. The molecule has 1 aliphatic carbocycles. The Labute approximate surface area is 129 Å². The summed E-state index contributed by atoms with van der Waals surface area (Å²) in [6.45, 7) is 6.68. The first kappa shape index (κ1) is 15.1. The highest BCUT2D eigenvalue weighted by Crippen LogP contribution is 2.39. The van der Waals surface area contributed by atoms with Crippen molar-refractivity contribution in [1.29, 1.82) is 0 Å². The zero-order chi connectivity index (χ0) is 14.9. The molecule has 1 N–H and O–H groups in total. The number of rotatable bonds is 5. The summed E-state index contributed by atoms with van der Waals surface area (Å²) in [7, 11) is 0. The van der Waals surface area contributed by atoms with Crippen LogP contribution in [0.15, 0.2) is 24.3 Å². The largest absolute Gasteiger partial charge is 0.386 e. The van der Waals surface area contributed by atoms with Crippen LogP contribution in [0.4, 0.5) is 0 Å². The summed E-state index contributed by atoms with van der Waals surface area (Å²) in [5.74, 6) is 0.771. The van der Waals surface area contributed by atoms with Crippen LogP contribution in [0, 0.1) is 0 Å². The second-order valence-corrected chi connectivity index (χ2v) is 7.10. The van der Waals surface area contributed by atoms with Crippen molar-refractivity contribution in [2.75, 3.05) is 13.1 Å². The van der Waals surface area contributed by atoms with Crippen molar-refractivity contribution in [3.63, 3.8) is 0 Å². The van der Waals surface area contributed by atoms with Crippen LogP contribution in [0.3, 0.4) is 0 Å². The van der Waals surface area contributed by atoms with E-state index in [1.54, 1.807) is 0 Å². The molecule has 0 spiro atoms. The lowest BCUT2D eigenvalue weighted by atomic mass is 9.79. The predicted molar refractivity (Wildman–Crippen MR) is 87.5 cm³/mol. The molecule has 116 valence electrons. The smallest absolute Gasteiger partial charge is 0.0970 e. The van der Waals surface area contributed by atoms with Gasteiger partial charge in [-0.15, -0.1) is 0 Å². The van der Waals surface area contributed by atoms with Gasteiger partial charge in [0.2, 0.25) is 0 Å². The van der Waals surface area contributed by atoms with Gasteiger partial charge in [-0.2, -0.15) is 0 Å². The molecule has 2 fully saturated rings. The van der Waals surface area contributed by atoms with Crippen LogP contribution < -0.4 is 0 Å². The van der Waals surface area contributed by atoms with Crippen molar-refractivity contribution >= 4 is 0 Å². The van der Waals surface area contributed by atoms with E-state index in [-0.39, 0.29) is 5.54 Å². The maximum atomic E-state index is 11.0. The molecule has 1 aromatic carbocycles. The maximum absolute atomic E-state index is 11.0. The molecule has 3 rings (SSSR count). The van der Waals surface area contributed by atoms with Gasteiger partial charge in [0.25, 0.3) is 0 Å².